The Balaban J connectivity index is 1.79. The van der Waals surface area contributed by atoms with Gasteiger partial charge in [-0.1, -0.05) is 18.2 Å². The highest BCUT2D eigenvalue weighted by Gasteiger charge is 2.36. The number of hydrogen-bond donors (Lipinski definition) is 2. The summed E-state index contributed by atoms with van der Waals surface area (Å²) in [5.74, 6) is 0.809. The van der Waals surface area contributed by atoms with Crippen LogP contribution in [0.4, 0.5) is 4.79 Å². The monoisotopic (exact) mass is 278 g/mol. The Morgan fingerprint density at radius 1 is 1.20 bits per heavy atom. The van der Waals surface area contributed by atoms with Gasteiger partial charge in [-0.25, -0.2) is 4.79 Å². The molecule has 1 aromatic rings. The fourth-order valence-corrected chi connectivity index (χ4v) is 2.96. The molecule has 1 amide bonds. The lowest BCUT2D eigenvalue weighted by molar-refractivity contribution is -0.0159. The lowest BCUT2D eigenvalue weighted by Crippen LogP contribution is -2.52. The van der Waals surface area contributed by atoms with E-state index < -0.39 is 12.2 Å². The Morgan fingerprint density at radius 3 is 2.60 bits per heavy atom. The van der Waals surface area contributed by atoms with Crippen molar-refractivity contribution >= 4 is 6.09 Å². The third-order valence-corrected chi connectivity index (χ3v) is 3.99. The van der Waals surface area contributed by atoms with E-state index in [0.29, 0.717) is 26.2 Å². The molecule has 1 fully saturated rings. The van der Waals surface area contributed by atoms with Crippen molar-refractivity contribution in [1.82, 2.24) is 9.80 Å². The summed E-state index contributed by atoms with van der Waals surface area (Å²) in [7, 11) is 0. The maximum absolute atomic E-state index is 10.9. The van der Waals surface area contributed by atoms with Crippen LogP contribution in [-0.4, -0.2) is 65.0 Å². The minimum atomic E-state index is -0.877. The first kappa shape index (κ1) is 13.2. The smallest absolute Gasteiger partial charge is 0.407 e. The van der Waals surface area contributed by atoms with Crippen LogP contribution in [-0.2, 0) is 0 Å². The lowest BCUT2D eigenvalue weighted by atomic mass is 9.96. The van der Waals surface area contributed by atoms with Gasteiger partial charge in [-0.3, -0.25) is 4.90 Å². The van der Waals surface area contributed by atoms with Crippen molar-refractivity contribution in [1.29, 1.82) is 0 Å². The molecular weight excluding hydrogens is 260 g/mol. The summed E-state index contributed by atoms with van der Waals surface area (Å²) in [6, 6.07) is 7.60. The number of fused-ring (bicyclic) bond motifs is 1. The zero-order valence-electron chi connectivity index (χ0n) is 11.1. The van der Waals surface area contributed by atoms with Crippen molar-refractivity contribution in [3.8, 4) is 5.75 Å². The van der Waals surface area contributed by atoms with Gasteiger partial charge in [-0.05, 0) is 6.07 Å². The van der Waals surface area contributed by atoms with Crippen molar-refractivity contribution in [3.63, 3.8) is 0 Å². The Morgan fingerprint density at radius 2 is 1.90 bits per heavy atom. The first-order valence-electron chi connectivity index (χ1n) is 6.78. The van der Waals surface area contributed by atoms with Crippen molar-refractivity contribution < 1.29 is 19.7 Å². The standard InChI is InChI=1S/C14H18N2O4/c17-11-9-20-12-4-2-1-3-10(12)13(11)15-5-7-16(8-6-15)14(18)19/h1-4,11,13,17H,5-9H2,(H,18,19)/t11-,13-/m0/s1. The molecule has 2 atom stereocenters. The van der Waals surface area contributed by atoms with E-state index in [1.165, 1.54) is 4.90 Å². The van der Waals surface area contributed by atoms with Gasteiger partial charge in [-0.2, -0.15) is 0 Å². The van der Waals surface area contributed by atoms with Crippen molar-refractivity contribution in [2.75, 3.05) is 32.8 Å². The highest BCUT2D eigenvalue weighted by Crippen LogP contribution is 2.36. The number of nitrogens with zero attached hydrogens (tertiary/aromatic N) is 2. The number of aliphatic hydroxyl groups is 1. The van der Waals surface area contributed by atoms with Crippen LogP contribution in [0.5, 0.6) is 5.75 Å². The van der Waals surface area contributed by atoms with Crippen LogP contribution < -0.4 is 4.74 Å². The first-order chi connectivity index (χ1) is 9.66. The number of rotatable bonds is 1. The van der Waals surface area contributed by atoms with Gasteiger partial charge in [0.05, 0.1) is 6.04 Å². The van der Waals surface area contributed by atoms with E-state index in [9.17, 15) is 9.90 Å². The largest absolute Gasteiger partial charge is 0.490 e. The molecule has 20 heavy (non-hydrogen) atoms. The van der Waals surface area contributed by atoms with E-state index in [4.69, 9.17) is 9.84 Å². The number of benzene rings is 1. The van der Waals surface area contributed by atoms with Crippen molar-refractivity contribution in [3.05, 3.63) is 29.8 Å². The minimum absolute atomic E-state index is 0.115. The molecule has 6 nitrogen and oxygen atoms in total. The number of piperazine rings is 1. The molecule has 0 saturated carbocycles. The Kier molecular flexibility index (Phi) is 3.50. The third-order valence-electron chi connectivity index (χ3n) is 3.99. The van der Waals surface area contributed by atoms with E-state index in [-0.39, 0.29) is 12.6 Å². The molecule has 0 radical (unpaired) electrons. The predicted molar refractivity (Wildman–Crippen MR) is 71.9 cm³/mol. The Labute approximate surface area is 117 Å². The number of amides is 1. The molecule has 0 bridgehead atoms. The molecule has 2 heterocycles. The fraction of sp³-hybridized carbons (Fsp3) is 0.500. The second-order valence-corrected chi connectivity index (χ2v) is 5.17. The molecule has 2 aliphatic heterocycles. The van der Waals surface area contributed by atoms with Gasteiger partial charge in [0.2, 0.25) is 0 Å². The zero-order valence-corrected chi connectivity index (χ0v) is 11.1. The number of aliphatic hydroxyl groups excluding tert-OH is 1. The van der Waals surface area contributed by atoms with E-state index in [1.807, 2.05) is 24.3 Å². The summed E-state index contributed by atoms with van der Waals surface area (Å²) in [6.07, 6.45) is -1.46. The number of carboxylic acid groups (broad SMARTS) is 1. The van der Waals surface area contributed by atoms with Gasteiger partial charge in [-0.15, -0.1) is 0 Å². The van der Waals surface area contributed by atoms with Crippen LogP contribution >= 0.6 is 0 Å². The number of ether oxygens (including phenoxy) is 1. The number of para-hydroxylation sites is 1. The first-order valence-corrected chi connectivity index (χ1v) is 6.78. The summed E-state index contributed by atoms with van der Waals surface area (Å²) in [5, 5.41) is 19.2. The second kappa shape index (κ2) is 5.30. The maximum Gasteiger partial charge on any atom is 0.407 e. The summed E-state index contributed by atoms with van der Waals surface area (Å²) in [5.41, 5.74) is 0.982. The highest BCUT2D eigenvalue weighted by molar-refractivity contribution is 5.65. The molecule has 6 heteroatoms. The fourth-order valence-electron chi connectivity index (χ4n) is 2.96. The quantitative estimate of drug-likeness (QED) is 0.794. The van der Waals surface area contributed by atoms with Crippen LogP contribution in [0.3, 0.4) is 0 Å². The number of hydrogen-bond acceptors (Lipinski definition) is 4. The van der Waals surface area contributed by atoms with Gasteiger partial charge in [0, 0.05) is 31.7 Å². The second-order valence-electron chi connectivity index (χ2n) is 5.17. The van der Waals surface area contributed by atoms with E-state index in [0.717, 1.165) is 11.3 Å². The van der Waals surface area contributed by atoms with Crippen LogP contribution in [0, 0.1) is 0 Å². The summed E-state index contributed by atoms with van der Waals surface area (Å²) < 4.78 is 5.53. The summed E-state index contributed by atoms with van der Waals surface area (Å²) in [4.78, 5) is 14.5. The molecule has 2 N–H and O–H groups in total. The Hall–Kier alpha value is -1.79. The molecule has 1 aromatic carbocycles. The molecule has 0 unspecified atom stereocenters. The van der Waals surface area contributed by atoms with Gasteiger partial charge in [0.1, 0.15) is 18.5 Å². The molecule has 0 aliphatic carbocycles. The topological polar surface area (TPSA) is 73.2 Å². The minimum Gasteiger partial charge on any atom is -0.490 e. The lowest BCUT2D eigenvalue weighted by Gasteiger charge is -2.42. The molecule has 3 rings (SSSR count). The SMILES string of the molecule is O=C(O)N1CCN([C@H]2c3ccccc3OC[C@@H]2O)CC1. The van der Waals surface area contributed by atoms with Crippen LogP contribution in [0.1, 0.15) is 11.6 Å². The average Bonchev–Trinajstić information content (AvgIpc) is 2.47. The zero-order chi connectivity index (χ0) is 14.1. The molecule has 1 saturated heterocycles. The molecule has 0 aromatic heterocycles. The van der Waals surface area contributed by atoms with Gasteiger partial charge in [0.15, 0.2) is 0 Å². The Bertz CT molecular complexity index is 500. The van der Waals surface area contributed by atoms with E-state index in [2.05, 4.69) is 4.90 Å². The predicted octanol–water partition coefficient (Wildman–Crippen LogP) is 0.777. The van der Waals surface area contributed by atoms with Crippen LogP contribution in [0.25, 0.3) is 0 Å². The third kappa shape index (κ3) is 2.32. The van der Waals surface area contributed by atoms with E-state index in [1.54, 1.807) is 0 Å². The van der Waals surface area contributed by atoms with Crippen molar-refractivity contribution in [2.24, 2.45) is 0 Å². The van der Waals surface area contributed by atoms with Crippen LogP contribution in [0.15, 0.2) is 24.3 Å². The molecular formula is C14H18N2O4. The van der Waals surface area contributed by atoms with Gasteiger partial charge >= 0.3 is 6.09 Å². The summed E-state index contributed by atoms with van der Waals surface area (Å²) >= 11 is 0. The highest BCUT2D eigenvalue weighted by atomic mass is 16.5. The molecule has 2 aliphatic rings. The van der Waals surface area contributed by atoms with Crippen molar-refractivity contribution in [2.45, 2.75) is 12.1 Å². The normalized spacial score (nSPS) is 26.8. The van der Waals surface area contributed by atoms with Crippen LogP contribution in [0.2, 0.25) is 0 Å². The summed E-state index contributed by atoms with van der Waals surface area (Å²) in [6.45, 7) is 2.48. The molecule has 108 valence electrons. The maximum atomic E-state index is 10.9. The average molecular weight is 278 g/mol. The van der Waals surface area contributed by atoms with Gasteiger partial charge in [0.25, 0.3) is 0 Å². The number of carbonyl (C=O) groups is 1. The van der Waals surface area contributed by atoms with Gasteiger partial charge < -0.3 is 19.8 Å². The molecule has 0 spiro atoms. The van der Waals surface area contributed by atoms with E-state index >= 15 is 0 Å².